The molecular weight excluding hydrogens is 430 g/mol. The molecule has 172 valence electrons. The number of carbonyl (C=O) groups excluding carboxylic acids is 4. The highest BCUT2D eigenvalue weighted by Gasteiger charge is 2.75. The standard InChI is InChI=1S/C23H29N3O5S/c1-5-6-7-12-17-23(20(32-14(2)27)22(3,4)13-31-21(30)24-23)26(17)25-18(28)15-10-8-9-11-16(15)19(25)29/h8-11,17,20H,5-7,12-13H2,1-4H3,(H,24,30)/t17-,20-,23-,26?/m1/s1. The first-order valence-electron chi connectivity index (χ1n) is 11.0. The number of alkyl carbamates (subject to hydrolysis) is 1. The van der Waals surface area contributed by atoms with Gasteiger partial charge in [-0.1, -0.05) is 63.9 Å². The van der Waals surface area contributed by atoms with E-state index in [1.54, 1.807) is 29.3 Å². The molecule has 4 atom stereocenters. The molecule has 1 unspecified atom stereocenters. The van der Waals surface area contributed by atoms with Crippen LogP contribution in [-0.2, 0) is 9.53 Å². The van der Waals surface area contributed by atoms with E-state index in [4.69, 9.17) is 4.74 Å². The second-order valence-corrected chi connectivity index (χ2v) is 10.6. The summed E-state index contributed by atoms with van der Waals surface area (Å²) in [6.07, 6.45) is 2.94. The minimum absolute atomic E-state index is 0.0971. The van der Waals surface area contributed by atoms with Crippen molar-refractivity contribution in [3.63, 3.8) is 0 Å². The summed E-state index contributed by atoms with van der Waals surface area (Å²) in [5.41, 5.74) is -0.961. The van der Waals surface area contributed by atoms with Crippen molar-refractivity contribution in [2.45, 2.75) is 70.3 Å². The number of hydrogen-bond acceptors (Lipinski definition) is 7. The molecule has 8 nitrogen and oxygen atoms in total. The summed E-state index contributed by atoms with van der Waals surface area (Å²) in [6.45, 7) is 7.60. The summed E-state index contributed by atoms with van der Waals surface area (Å²) in [5, 5.41) is 5.30. The first-order chi connectivity index (χ1) is 15.1. The number of hydrazine groups is 1. The van der Waals surface area contributed by atoms with Crippen LogP contribution in [0.5, 0.6) is 0 Å². The van der Waals surface area contributed by atoms with Crippen LogP contribution in [0.4, 0.5) is 4.79 Å². The van der Waals surface area contributed by atoms with E-state index in [0.29, 0.717) is 17.5 Å². The Morgan fingerprint density at radius 3 is 2.34 bits per heavy atom. The Bertz CT molecular complexity index is 945. The highest BCUT2D eigenvalue weighted by atomic mass is 32.2. The van der Waals surface area contributed by atoms with Crippen molar-refractivity contribution in [2.75, 3.05) is 6.61 Å². The molecule has 1 aromatic carbocycles. The van der Waals surface area contributed by atoms with Gasteiger partial charge in [0.2, 0.25) is 0 Å². The molecule has 0 aliphatic carbocycles. The van der Waals surface area contributed by atoms with Gasteiger partial charge in [-0.25, -0.2) is 4.79 Å². The minimum atomic E-state index is -1.07. The lowest BCUT2D eigenvalue weighted by Crippen LogP contribution is -2.55. The van der Waals surface area contributed by atoms with Crippen LogP contribution in [0.1, 0.15) is 74.1 Å². The average molecular weight is 460 g/mol. The zero-order valence-electron chi connectivity index (χ0n) is 18.8. The summed E-state index contributed by atoms with van der Waals surface area (Å²) in [6, 6.07) is 6.42. The molecule has 1 spiro atoms. The molecular formula is C23H29N3O5S. The Kier molecular flexibility index (Phi) is 5.83. The number of ether oxygens (including phenoxy) is 1. The van der Waals surface area contributed by atoms with Crippen LogP contribution in [0, 0.1) is 5.41 Å². The van der Waals surface area contributed by atoms with Crippen molar-refractivity contribution < 1.29 is 23.9 Å². The Morgan fingerprint density at radius 2 is 1.78 bits per heavy atom. The van der Waals surface area contributed by atoms with Crippen molar-refractivity contribution in [2.24, 2.45) is 5.41 Å². The third kappa shape index (κ3) is 3.51. The number of nitrogens with one attached hydrogen (secondary N) is 1. The van der Waals surface area contributed by atoms with E-state index < -0.39 is 34.2 Å². The quantitative estimate of drug-likeness (QED) is 0.395. The fourth-order valence-electron chi connectivity index (χ4n) is 5.00. The summed E-state index contributed by atoms with van der Waals surface area (Å²) >= 11 is 1.13. The van der Waals surface area contributed by atoms with Crippen LogP contribution in [0.15, 0.2) is 24.3 Å². The molecule has 0 bridgehead atoms. The van der Waals surface area contributed by atoms with Gasteiger partial charge in [0.25, 0.3) is 11.8 Å². The van der Waals surface area contributed by atoms with Gasteiger partial charge in [-0.3, -0.25) is 19.7 Å². The van der Waals surface area contributed by atoms with Crippen LogP contribution in [-0.4, -0.2) is 56.6 Å². The smallest absolute Gasteiger partial charge is 0.408 e. The van der Waals surface area contributed by atoms with Crippen molar-refractivity contribution >= 4 is 34.8 Å². The van der Waals surface area contributed by atoms with E-state index in [9.17, 15) is 19.2 Å². The first-order valence-corrected chi connectivity index (χ1v) is 11.9. The number of cyclic esters (lactones) is 1. The van der Waals surface area contributed by atoms with Gasteiger partial charge in [-0.2, -0.15) is 10.0 Å². The molecule has 0 saturated carbocycles. The van der Waals surface area contributed by atoms with Crippen molar-refractivity contribution in [3.05, 3.63) is 35.4 Å². The second kappa shape index (κ2) is 8.19. The lowest BCUT2D eigenvalue weighted by molar-refractivity contribution is -0.109. The molecule has 0 aromatic heterocycles. The van der Waals surface area contributed by atoms with Gasteiger partial charge in [0, 0.05) is 12.3 Å². The number of fused-ring (bicyclic) bond motifs is 1. The summed E-state index contributed by atoms with van der Waals surface area (Å²) in [7, 11) is 0. The van der Waals surface area contributed by atoms with E-state index in [0.717, 1.165) is 36.0 Å². The summed E-state index contributed by atoms with van der Waals surface area (Å²) in [4.78, 5) is 51.5. The number of amides is 3. The Balaban J connectivity index is 1.79. The lowest BCUT2D eigenvalue weighted by Gasteiger charge is -2.36. The van der Waals surface area contributed by atoms with Crippen LogP contribution in [0.3, 0.4) is 0 Å². The van der Waals surface area contributed by atoms with E-state index in [-0.39, 0.29) is 17.8 Å². The Labute approximate surface area is 192 Å². The number of hydrogen-bond donors (Lipinski definition) is 1. The summed E-state index contributed by atoms with van der Waals surface area (Å²) < 4.78 is 5.42. The van der Waals surface area contributed by atoms with Gasteiger partial charge < -0.3 is 4.74 Å². The molecule has 0 radical (unpaired) electrons. The number of rotatable bonds is 6. The highest BCUT2D eigenvalue weighted by molar-refractivity contribution is 8.14. The number of nitrogens with zero attached hydrogens (tertiary/aromatic N) is 2. The monoisotopic (exact) mass is 459 g/mol. The maximum absolute atomic E-state index is 13.3. The fraction of sp³-hybridized carbons (Fsp3) is 0.565. The lowest BCUT2D eigenvalue weighted by atomic mass is 9.84. The molecule has 3 amide bonds. The van der Waals surface area contributed by atoms with Gasteiger partial charge in [0.15, 0.2) is 5.12 Å². The van der Waals surface area contributed by atoms with Gasteiger partial charge >= 0.3 is 6.09 Å². The Morgan fingerprint density at radius 1 is 1.16 bits per heavy atom. The largest absolute Gasteiger partial charge is 0.449 e. The van der Waals surface area contributed by atoms with Gasteiger partial charge in [-0.05, 0) is 18.6 Å². The van der Waals surface area contributed by atoms with E-state index in [1.165, 1.54) is 6.92 Å². The number of imide groups is 1. The SMILES string of the molecule is CCCCC[C@H]1N(N2C(=O)c3ccccc3C2=O)[C@]12NC(=O)OCC(C)(C)[C@H]2SC(C)=O. The molecule has 2 saturated heterocycles. The Hall–Kier alpha value is -2.39. The average Bonchev–Trinajstić information content (AvgIpc) is 3.29. The molecule has 9 heteroatoms. The molecule has 1 aromatic rings. The van der Waals surface area contributed by atoms with Crippen LogP contribution < -0.4 is 5.32 Å². The number of benzene rings is 1. The van der Waals surface area contributed by atoms with Crippen LogP contribution in [0.2, 0.25) is 0 Å². The minimum Gasteiger partial charge on any atom is -0.449 e. The first kappa shape index (κ1) is 22.8. The molecule has 3 aliphatic rings. The molecule has 2 fully saturated rings. The summed E-state index contributed by atoms with van der Waals surface area (Å²) in [5.74, 6) is -0.821. The maximum atomic E-state index is 13.3. The molecule has 1 N–H and O–H groups in total. The predicted molar refractivity (Wildman–Crippen MR) is 120 cm³/mol. The van der Waals surface area contributed by atoms with E-state index >= 15 is 0 Å². The molecule has 32 heavy (non-hydrogen) atoms. The van der Waals surface area contributed by atoms with Crippen molar-refractivity contribution in [3.8, 4) is 0 Å². The van der Waals surface area contributed by atoms with Crippen molar-refractivity contribution in [1.82, 2.24) is 15.3 Å². The molecule has 3 heterocycles. The van der Waals surface area contributed by atoms with Crippen molar-refractivity contribution in [1.29, 1.82) is 0 Å². The van der Waals surface area contributed by atoms with Gasteiger partial charge in [0.1, 0.15) is 5.66 Å². The number of unbranched alkanes of at least 4 members (excludes halogenated alkanes) is 2. The van der Waals surface area contributed by atoms with Gasteiger partial charge in [0.05, 0.1) is 29.0 Å². The topological polar surface area (TPSA) is 95.8 Å². The van der Waals surface area contributed by atoms with E-state index in [1.807, 2.05) is 13.8 Å². The van der Waals surface area contributed by atoms with Crippen LogP contribution in [0.25, 0.3) is 0 Å². The number of thioether (sulfide) groups is 1. The normalized spacial score (nSPS) is 30.6. The number of carbonyl (C=O) groups is 4. The second-order valence-electron chi connectivity index (χ2n) is 9.33. The van der Waals surface area contributed by atoms with Gasteiger partial charge in [-0.15, -0.1) is 0 Å². The van der Waals surface area contributed by atoms with E-state index in [2.05, 4.69) is 12.2 Å². The third-order valence-electron chi connectivity index (χ3n) is 6.45. The van der Waals surface area contributed by atoms with Crippen LogP contribution >= 0.6 is 11.8 Å². The predicted octanol–water partition coefficient (Wildman–Crippen LogP) is 3.57. The zero-order chi connectivity index (χ0) is 23.3. The molecule has 4 rings (SSSR count). The molecule has 3 aliphatic heterocycles. The fourth-order valence-corrected chi connectivity index (χ4v) is 6.22. The zero-order valence-corrected chi connectivity index (χ0v) is 19.7. The third-order valence-corrected chi connectivity index (χ3v) is 8.02. The highest BCUT2D eigenvalue weighted by Crippen LogP contribution is 2.56. The maximum Gasteiger partial charge on any atom is 0.408 e.